The van der Waals surface area contributed by atoms with Gasteiger partial charge in [-0.05, 0) is 49.9 Å². The zero-order valence-electron chi connectivity index (χ0n) is 14.8. The van der Waals surface area contributed by atoms with Gasteiger partial charge in [-0.15, -0.1) is 0 Å². The first-order valence-corrected chi connectivity index (χ1v) is 8.48. The highest BCUT2D eigenvalue weighted by atomic mass is 16.1. The zero-order chi connectivity index (χ0) is 17.4. The normalized spacial score (nSPS) is 12.8. The molecule has 1 aromatic carbocycles. The van der Waals surface area contributed by atoms with Crippen molar-refractivity contribution in [3.05, 3.63) is 70.9 Å². The monoisotopic (exact) mass is 322 g/mol. The lowest BCUT2D eigenvalue weighted by atomic mass is 9.88. The minimum Gasteiger partial charge on any atom is -0.363 e. The fraction of sp³-hybridized carbons (Fsp3) is 0.333. The maximum Gasteiger partial charge on any atom is 0.151 e. The number of Topliss-reactive ketones (excluding diaryl/α,β-unsaturated/α-hetero) is 1. The molecule has 3 heteroatoms. The fourth-order valence-electron chi connectivity index (χ4n) is 2.56. The third-order valence-corrected chi connectivity index (χ3v) is 4.28. The van der Waals surface area contributed by atoms with E-state index in [1.165, 1.54) is 11.1 Å². The molecule has 0 saturated heterocycles. The van der Waals surface area contributed by atoms with Gasteiger partial charge in [0.15, 0.2) is 5.78 Å². The molecule has 1 heterocycles. The Balaban J connectivity index is 0.000000174. The molecule has 3 nitrogen and oxygen atoms in total. The second kappa shape index (κ2) is 9.02. The number of allylic oxidation sites excluding steroid dienone is 2. The predicted octanol–water partition coefficient (Wildman–Crippen LogP) is 4.59. The largest absolute Gasteiger partial charge is 0.363 e. The maximum atomic E-state index is 10.9. The van der Waals surface area contributed by atoms with Crippen molar-refractivity contribution in [3.63, 3.8) is 0 Å². The van der Waals surface area contributed by atoms with Crippen LogP contribution in [-0.2, 0) is 17.6 Å². The molecule has 2 aromatic rings. The Bertz CT molecular complexity index is 672. The number of pyridine rings is 1. The molecule has 126 valence electrons. The van der Waals surface area contributed by atoms with Gasteiger partial charge >= 0.3 is 0 Å². The number of rotatable bonds is 4. The average molecular weight is 322 g/mol. The average Bonchev–Trinajstić information content (AvgIpc) is 2.62. The van der Waals surface area contributed by atoms with Gasteiger partial charge in [-0.1, -0.05) is 48.4 Å². The van der Waals surface area contributed by atoms with E-state index in [0.717, 1.165) is 18.7 Å². The van der Waals surface area contributed by atoms with Gasteiger partial charge in [0.1, 0.15) is 5.82 Å². The highest BCUT2D eigenvalue weighted by Gasteiger charge is 2.10. The molecule has 0 unspecified atom stereocenters. The van der Waals surface area contributed by atoms with Crippen molar-refractivity contribution in [2.45, 2.75) is 40.0 Å². The van der Waals surface area contributed by atoms with Gasteiger partial charge in [-0.25, -0.2) is 4.98 Å². The van der Waals surface area contributed by atoms with Crippen LogP contribution in [0.15, 0.2) is 59.8 Å². The van der Waals surface area contributed by atoms with E-state index >= 15 is 0 Å². The van der Waals surface area contributed by atoms with Gasteiger partial charge in [-0.3, -0.25) is 4.79 Å². The third kappa shape index (κ3) is 5.34. The number of fused-ring (bicyclic) bond motifs is 1. The van der Waals surface area contributed by atoms with Crippen LogP contribution < -0.4 is 5.32 Å². The summed E-state index contributed by atoms with van der Waals surface area (Å²) in [5.74, 6) is 0.944. The van der Waals surface area contributed by atoms with Crippen LogP contribution in [0.4, 0.5) is 5.82 Å². The number of anilines is 1. The molecular formula is C21H26N2O. The number of hydrogen-bond acceptors (Lipinski definition) is 3. The van der Waals surface area contributed by atoms with E-state index in [1.54, 1.807) is 17.3 Å². The fourth-order valence-corrected chi connectivity index (χ4v) is 2.56. The van der Waals surface area contributed by atoms with E-state index in [2.05, 4.69) is 48.4 Å². The highest BCUT2D eigenvalue weighted by Crippen LogP contribution is 2.24. The molecule has 0 atom stereocenters. The summed E-state index contributed by atoms with van der Waals surface area (Å²) in [4.78, 5) is 14.9. The molecule has 0 bridgehead atoms. The quantitative estimate of drug-likeness (QED) is 0.837. The van der Waals surface area contributed by atoms with E-state index in [-0.39, 0.29) is 5.78 Å². The number of nitrogens with one attached hydrogen (secondary N) is 1. The van der Waals surface area contributed by atoms with E-state index < -0.39 is 0 Å². The molecule has 0 aliphatic heterocycles. The number of carbonyl (C=O) groups is 1. The standard InChI is InChI=1S/C12H14.C9H12N2O/c1-9-7-11-5-3-4-6-12(11)8-10(9)2;1-2-8(12)7-11-9-5-3-4-6-10-9/h3-6H,7-8H2,1-2H3;3-6H,2,7H2,1H3,(H,10,11). The summed E-state index contributed by atoms with van der Waals surface area (Å²) in [7, 11) is 0. The van der Waals surface area contributed by atoms with Gasteiger partial charge in [0.25, 0.3) is 0 Å². The van der Waals surface area contributed by atoms with Gasteiger partial charge in [0, 0.05) is 12.6 Å². The molecule has 0 saturated carbocycles. The van der Waals surface area contributed by atoms with Crippen LogP contribution in [0.1, 0.15) is 38.3 Å². The number of nitrogens with zero attached hydrogens (tertiary/aromatic N) is 1. The Morgan fingerprint density at radius 2 is 1.58 bits per heavy atom. The van der Waals surface area contributed by atoms with Crippen molar-refractivity contribution >= 4 is 11.6 Å². The zero-order valence-corrected chi connectivity index (χ0v) is 14.8. The molecule has 24 heavy (non-hydrogen) atoms. The van der Waals surface area contributed by atoms with Crippen LogP contribution in [0.2, 0.25) is 0 Å². The molecule has 1 aliphatic rings. The predicted molar refractivity (Wildman–Crippen MR) is 100 cm³/mol. The van der Waals surface area contributed by atoms with Crippen LogP contribution in [0.3, 0.4) is 0 Å². The van der Waals surface area contributed by atoms with Gasteiger partial charge in [-0.2, -0.15) is 0 Å². The number of benzene rings is 1. The Morgan fingerprint density at radius 1 is 1.00 bits per heavy atom. The Hall–Kier alpha value is -2.42. The lowest BCUT2D eigenvalue weighted by molar-refractivity contribution is -0.117. The van der Waals surface area contributed by atoms with Crippen LogP contribution in [-0.4, -0.2) is 17.3 Å². The van der Waals surface area contributed by atoms with Gasteiger partial charge in [0.05, 0.1) is 6.54 Å². The molecule has 1 N–H and O–H groups in total. The minimum absolute atomic E-state index is 0.195. The first-order chi connectivity index (χ1) is 11.6. The van der Waals surface area contributed by atoms with Crippen LogP contribution >= 0.6 is 0 Å². The van der Waals surface area contributed by atoms with Crippen molar-refractivity contribution in [1.82, 2.24) is 4.98 Å². The summed E-state index contributed by atoms with van der Waals surface area (Å²) >= 11 is 0. The lowest BCUT2D eigenvalue weighted by Gasteiger charge is -2.18. The molecule has 0 radical (unpaired) electrons. The Labute approximate surface area is 144 Å². The molecule has 0 spiro atoms. The number of hydrogen-bond donors (Lipinski definition) is 1. The summed E-state index contributed by atoms with van der Waals surface area (Å²) in [6.07, 6.45) is 4.57. The number of carbonyl (C=O) groups excluding carboxylic acids is 1. The van der Waals surface area contributed by atoms with E-state index in [1.807, 2.05) is 25.1 Å². The summed E-state index contributed by atoms with van der Waals surface area (Å²) in [5.41, 5.74) is 6.13. The van der Waals surface area contributed by atoms with Crippen LogP contribution in [0.5, 0.6) is 0 Å². The summed E-state index contributed by atoms with van der Waals surface area (Å²) in [6.45, 7) is 6.70. The minimum atomic E-state index is 0.195. The molecule has 0 amide bonds. The van der Waals surface area contributed by atoms with Crippen molar-refractivity contribution in [3.8, 4) is 0 Å². The molecular weight excluding hydrogens is 296 g/mol. The van der Waals surface area contributed by atoms with Gasteiger partial charge < -0.3 is 5.32 Å². The lowest BCUT2D eigenvalue weighted by Crippen LogP contribution is -2.12. The topological polar surface area (TPSA) is 42.0 Å². The first-order valence-electron chi connectivity index (χ1n) is 8.48. The van der Waals surface area contributed by atoms with Crippen molar-refractivity contribution in [2.75, 3.05) is 11.9 Å². The molecule has 1 aliphatic carbocycles. The van der Waals surface area contributed by atoms with Crippen molar-refractivity contribution in [2.24, 2.45) is 0 Å². The second-order valence-corrected chi connectivity index (χ2v) is 6.14. The summed E-state index contributed by atoms with van der Waals surface area (Å²) < 4.78 is 0. The molecule has 3 rings (SSSR count). The number of ketones is 1. The van der Waals surface area contributed by atoms with Crippen LogP contribution in [0.25, 0.3) is 0 Å². The van der Waals surface area contributed by atoms with Gasteiger partial charge in [0.2, 0.25) is 0 Å². The van der Waals surface area contributed by atoms with Crippen LogP contribution in [0, 0.1) is 0 Å². The Kier molecular flexibility index (Phi) is 6.74. The summed E-state index contributed by atoms with van der Waals surface area (Å²) in [5, 5.41) is 2.93. The first kappa shape index (κ1) is 17.9. The van der Waals surface area contributed by atoms with Crippen molar-refractivity contribution < 1.29 is 4.79 Å². The molecule has 0 fully saturated rings. The highest BCUT2D eigenvalue weighted by molar-refractivity contribution is 5.82. The van der Waals surface area contributed by atoms with E-state index in [4.69, 9.17) is 0 Å². The third-order valence-electron chi connectivity index (χ3n) is 4.28. The second-order valence-electron chi connectivity index (χ2n) is 6.14. The van der Waals surface area contributed by atoms with E-state index in [9.17, 15) is 4.79 Å². The van der Waals surface area contributed by atoms with E-state index in [0.29, 0.717) is 13.0 Å². The molecule has 1 aromatic heterocycles. The SMILES string of the molecule is CC1=C(C)Cc2ccccc2C1.CCC(=O)CNc1ccccn1. The number of aromatic nitrogens is 1. The summed E-state index contributed by atoms with van der Waals surface area (Å²) in [6, 6.07) is 14.3. The Morgan fingerprint density at radius 3 is 2.08 bits per heavy atom. The van der Waals surface area contributed by atoms with Crippen molar-refractivity contribution in [1.29, 1.82) is 0 Å². The maximum absolute atomic E-state index is 10.9. The smallest absolute Gasteiger partial charge is 0.151 e.